The molecule has 0 saturated heterocycles. The highest BCUT2D eigenvalue weighted by molar-refractivity contribution is 5.98. The van der Waals surface area contributed by atoms with E-state index in [1.165, 1.54) is 0 Å². The fraction of sp³-hybridized carbons (Fsp3) is 0.500. The van der Waals surface area contributed by atoms with E-state index in [4.69, 9.17) is 9.84 Å². The number of ether oxygens (including phenoxy) is 1. The molecular weight excluding hydrogens is 256 g/mol. The Hall–Kier alpha value is -1.84. The number of aryl methyl sites for hydroxylation is 1. The fourth-order valence-electron chi connectivity index (χ4n) is 1.84. The Kier molecular flexibility index (Phi) is 6.22. The van der Waals surface area contributed by atoms with E-state index in [2.05, 4.69) is 13.8 Å². The van der Waals surface area contributed by atoms with E-state index in [1.807, 2.05) is 13.0 Å². The molecule has 0 saturated carbocycles. The van der Waals surface area contributed by atoms with Gasteiger partial charge < -0.3 is 9.84 Å². The van der Waals surface area contributed by atoms with E-state index in [9.17, 15) is 9.59 Å². The second-order valence-electron chi connectivity index (χ2n) is 5.19. The van der Waals surface area contributed by atoms with Gasteiger partial charge >= 0.3 is 5.97 Å². The van der Waals surface area contributed by atoms with Crippen molar-refractivity contribution in [1.82, 2.24) is 0 Å². The molecule has 110 valence electrons. The Morgan fingerprint density at radius 3 is 2.50 bits per heavy atom. The SMILES string of the molecule is CCc1cc(OCC(C)C)ccc1C(=O)CCC(=O)O. The van der Waals surface area contributed by atoms with E-state index >= 15 is 0 Å². The molecule has 0 aliphatic rings. The van der Waals surface area contributed by atoms with Crippen molar-refractivity contribution in [1.29, 1.82) is 0 Å². The monoisotopic (exact) mass is 278 g/mol. The Morgan fingerprint density at radius 2 is 1.95 bits per heavy atom. The molecule has 0 heterocycles. The quantitative estimate of drug-likeness (QED) is 0.741. The standard InChI is InChI=1S/C16H22O4/c1-4-12-9-13(20-10-11(2)3)5-6-14(12)15(17)7-8-16(18)19/h5-6,9,11H,4,7-8,10H2,1-3H3,(H,18,19). The fourth-order valence-corrected chi connectivity index (χ4v) is 1.84. The molecule has 0 bridgehead atoms. The van der Waals surface area contributed by atoms with Crippen LogP contribution >= 0.6 is 0 Å². The van der Waals surface area contributed by atoms with E-state index in [0.717, 1.165) is 11.3 Å². The van der Waals surface area contributed by atoms with Gasteiger partial charge in [0, 0.05) is 12.0 Å². The van der Waals surface area contributed by atoms with Crippen LogP contribution in [0.1, 0.15) is 49.5 Å². The minimum absolute atomic E-state index is 0.0362. The lowest BCUT2D eigenvalue weighted by molar-refractivity contribution is -0.136. The number of carbonyl (C=O) groups is 2. The number of ketones is 1. The van der Waals surface area contributed by atoms with Gasteiger partial charge in [-0.15, -0.1) is 0 Å². The van der Waals surface area contributed by atoms with Gasteiger partial charge in [0.25, 0.3) is 0 Å². The van der Waals surface area contributed by atoms with Crippen molar-refractivity contribution in [3.8, 4) is 5.75 Å². The average molecular weight is 278 g/mol. The van der Waals surface area contributed by atoms with E-state index in [-0.39, 0.29) is 18.6 Å². The van der Waals surface area contributed by atoms with Crippen LogP contribution in [0.25, 0.3) is 0 Å². The molecule has 1 rings (SSSR count). The molecule has 1 aromatic rings. The van der Waals surface area contributed by atoms with E-state index in [1.54, 1.807) is 12.1 Å². The molecule has 0 fully saturated rings. The first-order valence-electron chi connectivity index (χ1n) is 6.94. The van der Waals surface area contributed by atoms with Crippen molar-refractivity contribution >= 4 is 11.8 Å². The molecule has 4 nitrogen and oxygen atoms in total. The van der Waals surface area contributed by atoms with Gasteiger partial charge in [-0.1, -0.05) is 20.8 Å². The molecular formula is C16H22O4. The minimum Gasteiger partial charge on any atom is -0.493 e. The topological polar surface area (TPSA) is 63.6 Å². The molecule has 0 unspecified atom stereocenters. The predicted molar refractivity (Wildman–Crippen MR) is 77.4 cm³/mol. The van der Waals surface area contributed by atoms with Crippen LogP contribution in [0.4, 0.5) is 0 Å². The average Bonchev–Trinajstić information content (AvgIpc) is 2.42. The summed E-state index contributed by atoms with van der Waals surface area (Å²) in [5, 5.41) is 8.63. The van der Waals surface area contributed by atoms with Gasteiger partial charge in [-0.05, 0) is 36.1 Å². The van der Waals surface area contributed by atoms with Crippen molar-refractivity contribution in [3.63, 3.8) is 0 Å². The van der Waals surface area contributed by atoms with Crippen molar-refractivity contribution in [2.24, 2.45) is 5.92 Å². The van der Waals surface area contributed by atoms with Crippen LogP contribution in [0.3, 0.4) is 0 Å². The van der Waals surface area contributed by atoms with Crippen LogP contribution < -0.4 is 4.74 Å². The number of Topliss-reactive ketones (excluding diaryl/α,β-unsaturated/α-hetero) is 1. The molecule has 0 atom stereocenters. The molecule has 1 aromatic carbocycles. The van der Waals surface area contributed by atoms with Crippen LogP contribution in [-0.2, 0) is 11.2 Å². The first-order chi connectivity index (χ1) is 9.43. The van der Waals surface area contributed by atoms with Crippen molar-refractivity contribution in [3.05, 3.63) is 29.3 Å². The molecule has 0 spiro atoms. The molecule has 0 aliphatic carbocycles. The minimum atomic E-state index is -0.951. The highest BCUT2D eigenvalue weighted by Crippen LogP contribution is 2.21. The lowest BCUT2D eigenvalue weighted by Gasteiger charge is -2.12. The lowest BCUT2D eigenvalue weighted by atomic mass is 9.98. The summed E-state index contributed by atoms with van der Waals surface area (Å²) in [4.78, 5) is 22.5. The van der Waals surface area contributed by atoms with Crippen LogP contribution in [0.15, 0.2) is 18.2 Å². The van der Waals surface area contributed by atoms with Crippen LogP contribution in [-0.4, -0.2) is 23.5 Å². The maximum atomic E-state index is 12.0. The highest BCUT2D eigenvalue weighted by atomic mass is 16.5. The Morgan fingerprint density at radius 1 is 1.25 bits per heavy atom. The summed E-state index contributed by atoms with van der Waals surface area (Å²) in [5.41, 5.74) is 1.51. The predicted octanol–water partition coefficient (Wildman–Crippen LogP) is 3.33. The molecule has 4 heteroatoms. The molecule has 1 N–H and O–H groups in total. The molecule has 0 aliphatic heterocycles. The lowest BCUT2D eigenvalue weighted by Crippen LogP contribution is -2.08. The normalized spacial score (nSPS) is 10.6. The Bertz CT molecular complexity index is 477. The summed E-state index contributed by atoms with van der Waals surface area (Å²) in [7, 11) is 0. The maximum Gasteiger partial charge on any atom is 0.303 e. The summed E-state index contributed by atoms with van der Waals surface area (Å²) in [5.74, 6) is 0.121. The smallest absolute Gasteiger partial charge is 0.303 e. The number of hydrogen-bond acceptors (Lipinski definition) is 3. The van der Waals surface area contributed by atoms with Gasteiger partial charge in [0.05, 0.1) is 13.0 Å². The number of benzene rings is 1. The second-order valence-corrected chi connectivity index (χ2v) is 5.19. The number of rotatable bonds is 8. The van der Waals surface area contributed by atoms with E-state index < -0.39 is 5.97 Å². The van der Waals surface area contributed by atoms with Crippen molar-refractivity contribution in [2.75, 3.05) is 6.61 Å². The first kappa shape index (κ1) is 16.2. The molecule has 0 aromatic heterocycles. The largest absolute Gasteiger partial charge is 0.493 e. The molecule has 20 heavy (non-hydrogen) atoms. The molecule has 0 amide bonds. The zero-order valence-electron chi connectivity index (χ0n) is 12.3. The summed E-state index contributed by atoms with van der Waals surface area (Å²) in [6.07, 6.45) is 0.620. The van der Waals surface area contributed by atoms with Crippen LogP contribution in [0.5, 0.6) is 5.75 Å². The summed E-state index contributed by atoms with van der Waals surface area (Å²) >= 11 is 0. The zero-order valence-corrected chi connectivity index (χ0v) is 12.3. The number of carboxylic acids is 1. The summed E-state index contributed by atoms with van der Waals surface area (Å²) in [6, 6.07) is 5.38. The second kappa shape index (κ2) is 7.68. The summed E-state index contributed by atoms with van der Waals surface area (Å²) < 4.78 is 5.64. The van der Waals surface area contributed by atoms with Gasteiger partial charge in [-0.2, -0.15) is 0 Å². The van der Waals surface area contributed by atoms with Gasteiger partial charge in [0.2, 0.25) is 0 Å². The summed E-state index contributed by atoms with van der Waals surface area (Å²) in [6.45, 7) is 6.75. The van der Waals surface area contributed by atoms with Crippen LogP contribution in [0.2, 0.25) is 0 Å². The van der Waals surface area contributed by atoms with Crippen molar-refractivity contribution in [2.45, 2.75) is 40.0 Å². The van der Waals surface area contributed by atoms with E-state index in [0.29, 0.717) is 24.5 Å². The molecule has 0 radical (unpaired) electrons. The first-order valence-corrected chi connectivity index (χ1v) is 6.94. The van der Waals surface area contributed by atoms with Crippen LogP contribution in [0, 0.1) is 5.92 Å². The maximum absolute atomic E-state index is 12.0. The third-order valence-electron chi connectivity index (χ3n) is 2.91. The Labute approximate surface area is 119 Å². The third kappa shape index (κ3) is 5.03. The number of aliphatic carboxylic acids is 1. The number of hydrogen-bond donors (Lipinski definition) is 1. The van der Waals surface area contributed by atoms with Gasteiger partial charge in [-0.25, -0.2) is 0 Å². The number of carbonyl (C=O) groups excluding carboxylic acids is 1. The Balaban J connectivity index is 2.81. The van der Waals surface area contributed by atoms with Gasteiger partial charge in [0.15, 0.2) is 5.78 Å². The van der Waals surface area contributed by atoms with Crippen molar-refractivity contribution < 1.29 is 19.4 Å². The number of carboxylic acid groups (broad SMARTS) is 1. The van der Waals surface area contributed by atoms with Gasteiger partial charge in [0.1, 0.15) is 5.75 Å². The third-order valence-corrected chi connectivity index (χ3v) is 2.91. The zero-order chi connectivity index (χ0) is 15.1. The highest BCUT2D eigenvalue weighted by Gasteiger charge is 2.13. The van der Waals surface area contributed by atoms with Gasteiger partial charge in [-0.3, -0.25) is 9.59 Å².